The normalized spacial score (nSPS) is 31.1. The standard InChI is InChI=1S/C13H16/c1-2-7-13-11(5-1)8-10-4-3-6-12(13)9-10/h1-2,5,7,10,12H,3-4,6,8-9H2. The van der Waals surface area contributed by atoms with Crippen LogP contribution < -0.4 is 0 Å². The maximum absolute atomic E-state index is 2.35. The van der Waals surface area contributed by atoms with E-state index in [1.807, 2.05) is 0 Å². The Labute approximate surface area is 80.0 Å². The minimum atomic E-state index is 0.906. The van der Waals surface area contributed by atoms with Crippen LogP contribution in [-0.2, 0) is 6.42 Å². The van der Waals surface area contributed by atoms with Gasteiger partial charge in [-0.15, -0.1) is 0 Å². The van der Waals surface area contributed by atoms with Gasteiger partial charge in [0.2, 0.25) is 0 Å². The van der Waals surface area contributed by atoms with Crippen LogP contribution in [0.3, 0.4) is 0 Å². The van der Waals surface area contributed by atoms with Crippen molar-refractivity contribution in [2.24, 2.45) is 5.92 Å². The summed E-state index contributed by atoms with van der Waals surface area (Å²) in [5, 5.41) is 0. The van der Waals surface area contributed by atoms with E-state index in [1.165, 1.54) is 32.1 Å². The van der Waals surface area contributed by atoms with E-state index in [0.29, 0.717) is 0 Å². The molecule has 0 radical (unpaired) electrons. The van der Waals surface area contributed by atoms with Crippen molar-refractivity contribution in [3.8, 4) is 0 Å². The molecule has 2 atom stereocenters. The minimum Gasteiger partial charge on any atom is -0.0620 e. The van der Waals surface area contributed by atoms with Gasteiger partial charge in [0.1, 0.15) is 0 Å². The molecule has 0 spiro atoms. The molecule has 68 valence electrons. The van der Waals surface area contributed by atoms with Gasteiger partial charge < -0.3 is 0 Å². The van der Waals surface area contributed by atoms with Gasteiger partial charge in [-0.05, 0) is 42.2 Å². The van der Waals surface area contributed by atoms with Crippen LogP contribution in [-0.4, -0.2) is 0 Å². The summed E-state index contributed by atoms with van der Waals surface area (Å²) in [5.74, 6) is 1.91. The van der Waals surface area contributed by atoms with Gasteiger partial charge in [-0.2, -0.15) is 0 Å². The molecule has 1 aromatic carbocycles. The highest BCUT2D eigenvalue weighted by atomic mass is 14.3. The minimum absolute atomic E-state index is 0.906. The van der Waals surface area contributed by atoms with E-state index >= 15 is 0 Å². The summed E-state index contributed by atoms with van der Waals surface area (Å²) in [4.78, 5) is 0. The topological polar surface area (TPSA) is 0 Å². The van der Waals surface area contributed by atoms with E-state index in [0.717, 1.165) is 11.8 Å². The molecule has 2 aliphatic rings. The first kappa shape index (κ1) is 7.61. The average molecular weight is 172 g/mol. The molecule has 1 aromatic rings. The summed E-state index contributed by atoms with van der Waals surface area (Å²) in [6, 6.07) is 9.08. The molecule has 0 heteroatoms. The van der Waals surface area contributed by atoms with Crippen molar-refractivity contribution in [1.29, 1.82) is 0 Å². The molecule has 0 aromatic heterocycles. The lowest BCUT2D eigenvalue weighted by Crippen LogP contribution is -2.22. The third-order valence-electron chi connectivity index (χ3n) is 3.79. The lowest BCUT2D eigenvalue weighted by atomic mass is 9.69. The first-order valence-corrected chi connectivity index (χ1v) is 5.51. The van der Waals surface area contributed by atoms with Crippen LogP contribution in [0.15, 0.2) is 24.3 Å². The van der Waals surface area contributed by atoms with Gasteiger partial charge in [0.25, 0.3) is 0 Å². The number of fused-ring (bicyclic) bond motifs is 4. The summed E-state index contributed by atoms with van der Waals surface area (Å²) in [6.45, 7) is 0. The molecule has 0 saturated heterocycles. The van der Waals surface area contributed by atoms with Crippen molar-refractivity contribution >= 4 is 0 Å². The molecule has 2 unspecified atom stereocenters. The molecule has 0 amide bonds. The SMILES string of the molecule is c1ccc2c(c1)CC1CCCC2C1. The van der Waals surface area contributed by atoms with Crippen molar-refractivity contribution in [2.45, 2.75) is 38.0 Å². The van der Waals surface area contributed by atoms with Crippen LogP contribution in [0, 0.1) is 5.92 Å². The van der Waals surface area contributed by atoms with Crippen LogP contribution in [0.4, 0.5) is 0 Å². The van der Waals surface area contributed by atoms with Gasteiger partial charge in [-0.1, -0.05) is 37.1 Å². The van der Waals surface area contributed by atoms with E-state index in [1.54, 1.807) is 11.1 Å². The molecule has 2 aliphatic carbocycles. The average Bonchev–Trinajstić information content (AvgIpc) is 2.18. The van der Waals surface area contributed by atoms with E-state index < -0.39 is 0 Å². The fourth-order valence-corrected chi connectivity index (χ4v) is 3.19. The highest BCUT2D eigenvalue weighted by Crippen LogP contribution is 2.43. The Morgan fingerprint density at radius 3 is 3.00 bits per heavy atom. The molecular formula is C13H16. The molecule has 0 aliphatic heterocycles. The second-order valence-corrected chi connectivity index (χ2v) is 4.63. The Morgan fingerprint density at radius 2 is 2.00 bits per heavy atom. The highest BCUT2D eigenvalue weighted by molar-refractivity contribution is 5.33. The third kappa shape index (κ3) is 1.20. The summed E-state index contributed by atoms with van der Waals surface area (Å²) >= 11 is 0. The lowest BCUT2D eigenvalue weighted by molar-refractivity contribution is 0.299. The quantitative estimate of drug-likeness (QED) is 0.561. The maximum atomic E-state index is 2.35. The fraction of sp³-hybridized carbons (Fsp3) is 0.538. The molecule has 1 saturated carbocycles. The zero-order valence-electron chi connectivity index (χ0n) is 8.00. The largest absolute Gasteiger partial charge is 0.0620 e. The molecule has 0 heterocycles. The first-order chi connectivity index (χ1) is 6.43. The highest BCUT2D eigenvalue weighted by Gasteiger charge is 2.29. The molecule has 13 heavy (non-hydrogen) atoms. The van der Waals surface area contributed by atoms with Gasteiger partial charge in [-0.25, -0.2) is 0 Å². The van der Waals surface area contributed by atoms with E-state index in [2.05, 4.69) is 24.3 Å². The Hall–Kier alpha value is -0.780. The first-order valence-electron chi connectivity index (χ1n) is 5.51. The molecule has 1 fully saturated rings. The van der Waals surface area contributed by atoms with Crippen molar-refractivity contribution in [1.82, 2.24) is 0 Å². The fourth-order valence-electron chi connectivity index (χ4n) is 3.19. The van der Waals surface area contributed by atoms with E-state index in [-0.39, 0.29) is 0 Å². The van der Waals surface area contributed by atoms with Crippen molar-refractivity contribution < 1.29 is 0 Å². The monoisotopic (exact) mass is 172 g/mol. The number of rotatable bonds is 0. The number of benzene rings is 1. The Balaban J connectivity index is 2.06. The van der Waals surface area contributed by atoms with Gasteiger partial charge in [0.15, 0.2) is 0 Å². The van der Waals surface area contributed by atoms with Crippen LogP contribution >= 0.6 is 0 Å². The Morgan fingerprint density at radius 1 is 1.08 bits per heavy atom. The molecular weight excluding hydrogens is 156 g/mol. The van der Waals surface area contributed by atoms with Crippen LogP contribution in [0.1, 0.15) is 42.7 Å². The molecule has 0 N–H and O–H groups in total. The Kier molecular flexibility index (Phi) is 1.68. The summed E-state index contributed by atoms with van der Waals surface area (Å²) < 4.78 is 0. The van der Waals surface area contributed by atoms with E-state index in [4.69, 9.17) is 0 Å². The van der Waals surface area contributed by atoms with Crippen LogP contribution in [0.25, 0.3) is 0 Å². The molecule has 2 bridgehead atoms. The zero-order valence-corrected chi connectivity index (χ0v) is 8.00. The predicted molar refractivity (Wildman–Crippen MR) is 54.8 cm³/mol. The summed E-state index contributed by atoms with van der Waals surface area (Å²) in [5.41, 5.74) is 3.31. The molecule has 0 nitrogen and oxygen atoms in total. The zero-order chi connectivity index (χ0) is 8.67. The number of hydrogen-bond donors (Lipinski definition) is 0. The van der Waals surface area contributed by atoms with Gasteiger partial charge in [0.05, 0.1) is 0 Å². The van der Waals surface area contributed by atoms with Gasteiger partial charge in [-0.3, -0.25) is 0 Å². The summed E-state index contributed by atoms with van der Waals surface area (Å²) in [7, 11) is 0. The maximum Gasteiger partial charge on any atom is -0.0156 e. The van der Waals surface area contributed by atoms with Crippen molar-refractivity contribution in [3.05, 3.63) is 35.4 Å². The Bertz CT molecular complexity index is 314. The second kappa shape index (κ2) is 2.87. The van der Waals surface area contributed by atoms with Crippen LogP contribution in [0.5, 0.6) is 0 Å². The van der Waals surface area contributed by atoms with Crippen LogP contribution in [0.2, 0.25) is 0 Å². The van der Waals surface area contributed by atoms with Crippen molar-refractivity contribution in [3.63, 3.8) is 0 Å². The number of hydrogen-bond acceptors (Lipinski definition) is 0. The molecule has 3 rings (SSSR count). The smallest absolute Gasteiger partial charge is 0.0156 e. The third-order valence-corrected chi connectivity index (χ3v) is 3.79. The summed E-state index contributed by atoms with van der Waals surface area (Å²) in [6.07, 6.45) is 7.20. The van der Waals surface area contributed by atoms with Gasteiger partial charge >= 0.3 is 0 Å². The lowest BCUT2D eigenvalue weighted by Gasteiger charge is -2.36. The predicted octanol–water partition coefficient (Wildman–Crippen LogP) is 3.52. The van der Waals surface area contributed by atoms with Gasteiger partial charge in [0, 0.05) is 0 Å². The second-order valence-electron chi connectivity index (χ2n) is 4.63. The van der Waals surface area contributed by atoms with E-state index in [9.17, 15) is 0 Å². The van der Waals surface area contributed by atoms with Crippen molar-refractivity contribution in [2.75, 3.05) is 0 Å².